The van der Waals surface area contributed by atoms with Crippen molar-refractivity contribution in [3.8, 4) is 0 Å². The molecule has 4 heteroatoms. The van der Waals surface area contributed by atoms with Gasteiger partial charge in [0, 0.05) is 0 Å². The van der Waals surface area contributed by atoms with E-state index in [9.17, 15) is 4.79 Å². The lowest BCUT2D eigenvalue weighted by atomic mass is 9.82. The van der Waals surface area contributed by atoms with Crippen LogP contribution in [-0.2, 0) is 4.79 Å². The average molecular weight is 192 g/mol. The summed E-state index contributed by atoms with van der Waals surface area (Å²) < 4.78 is 0. The highest BCUT2D eigenvalue weighted by molar-refractivity contribution is 5.85. The fourth-order valence-electron chi connectivity index (χ4n) is 2.63. The summed E-state index contributed by atoms with van der Waals surface area (Å²) in [6, 6.07) is 0. The Labute approximate surface area is 77.7 Å². The van der Waals surface area contributed by atoms with E-state index in [0.717, 1.165) is 12.8 Å². The van der Waals surface area contributed by atoms with Gasteiger partial charge in [-0.1, -0.05) is 6.42 Å². The van der Waals surface area contributed by atoms with E-state index in [2.05, 4.69) is 0 Å². The van der Waals surface area contributed by atoms with Crippen molar-refractivity contribution in [2.24, 2.45) is 17.6 Å². The maximum Gasteiger partial charge on any atom is 0.323 e. The molecule has 2 rings (SSSR count). The van der Waals surface area contributed by atoms with E-state index in [0.29, 0.717) is 12.3 Å². The van der Waals surface area contributed by atoms with Crippen molar-refractivity contribution < 1.29 is 9.90 Å². The summed E-state index contributed by atoms with van der Waals surface area (Å²) >= 11 is 0. The molecule has 3 nitrogen and oxygen atoms in total. The zero-order valence-electron chi connectivity index (χ0n) is 6.82. The predicted molar refractivity (Wildman–Crippen MR) is 47.3 cm³/mol. The van der Waals surface area contributed by atoms with Crippen LogP contribution in [0.1, 0.15) is 25.7 Å². The van der Waals surface area contributed by atoms with E-state index in [4.69, 9.17) is 10.8 Å². The van der Waals surface area contributed by atoms with E-state index in [1.165, 1.54) is 6.42 Å². The first kappa shape index (κ1) is 9.81. The topological polar surface area (TPSA) is 63.3 Å². The molecule has 70 valence electrons. The summed E-state index contributed by atoms with van der Waals surface area (Å²) in [5.74, 6) is 0.0517. The van der Waals surface area contributed by atoms with Crippen molar-refractivity contribution in [1.82, 2.24) is 0 Å². The highest BCUT2D eigenvalue weighted by atomic mass is 35.5. The fraction of sp³-hybridized carbons (Fsp3) is 0.875. The minimum absolute atomic E-state index is 0. The standard InChI is InChI=1S/C8H13NO2.ClH/c9-8(7(10)11)4-5-1-2-6(8)3-5;/h5-6H,1-4,9H2,(H,10,11);1H/t5?,6?,8-;/m0./s1. The molecule has 0 heterocycles. The number of hydrogen-bond donors (Lipinski definition) is 2. The molecular formula is C8H14ClNO2. The van der Waals surface area contributed by atoms with E-state index in [1.807, 2.05) is 0 Å². The minimum atomic E-state index is -0.872. The Balaban J connectivity index is 0.000000720. The molecule has 0 saturated heterocycles. The van der Waals surface area contributed by atoms with Gasteiger partial charge in [0.25, 0.3) is 0 Å². The molecule has 0 amide bonds. The third kappa shape index (κ3) is 1.12. The maximum atomic E-state index is 10.8. The molecule has 0 spiro atoms. The highest BCUT2D eigenvalue weighted by Crippen LogP contribution is 2.49. The molecule has 2 unspecified atom stereocenters. The van der Waals surface area contributed by atoms with Crippen LogP contribution in [0.25, 0.3) is 0 Å². The molecule has 2 saturated carbocycles. The number of rotatable bonds is 1. The van der Waals surface area contributed by atoms with Gasteiger partial charge in [-0.25, -0.2) is 0 Å². The first-order valence-electron chi connectivity index (χ1n) is 4.15. The summed E-state index contributed by atoms with van der Waals surface area (Å²) in [5.41, 5.74) is 4.92. The third-order valence-corrected chi connectivity index (χ3v) is 3.29. The number of carboxylic acid groups (broad SMARTS) is 1. The zero-order valence-corrected chi connectivity index (χ0v) is 7.64. The molecule has 2 fully saturated rings. The van der Waals surface area contributed by atoms with E-state index in [1.54, 1.807) is 0 Å². The smallest absolute Gasteiger partial charge is 0.323 e. The Kier molecular flexibility index (Phi) is 2.36. The maximum absolute atomic E-state index is 10.8. The van der Waals surface area contributed by atoms with Crippen molar-refractivity contribution in [2.75, 3.05) is 0 Å². The lowest BCUT2D eigenvalue weighted by Crippen LogP contribution is -2.52. The van der Waals surface area contributed by atoms with Crippen LogP contribution in [0.3, 0.4) is 0 Å². The second kappa shape index (κ2) is 2.89. The van der Waals surface area contributed by atoms with Crippen molar-refractivity contribution in [1.29, 1.82) is 0 Å². The van der Waals surface area contributed by atoms with Gasteiger partial charge in [0.05, 0.1) is 0 Å². The lowest BCUT2D eigenvalue weighted by Gasteiger charge is -2.28. The van der Waals surface area contributed by atoms with Gasteiger partial charge in [-0.15, -0.1) is 12.4 Å². The second-order valence-corrected chi connectivity index (χ2v) is 3.93. The van der Waals surface area contributed by atoms with Gasteiger partial charge in [-0.3, -0.25) is 4.79 Å². The van der Waals surface area contributed by atoms with Crippen LogP contribution < -0.4 is 5.73 Å². The molecule has 3 N–H and O–H groups in total. The SMILES string of the molecule is Cl.N[C@@]1(C(=O)O)CC2CCC1C2. The molecule has 2 bridgehead atoms. The first-order valence-corrected chi connectivity index (χ1v) is 4.15. The normalized spacial score (nSPS) is 44.1. The van der Waals surface area contributed by atoms with Crippen LogP contribution in [0.2, 0.25) is 0 Å². The fourth-order valence-corrected chi connectivity index (χ4v) is 2.63. The number of hydrogen-bond acceptors (Lipinski definition) is 2. The number of carboxylic acids is 1. The largest absolute Gasteiger partial charge is 0.480 e. The Morgan fingerprint density at radius 2 is 2.17 bits per heavy atom. The molecule has 0 radical (unpaired) electrons. The van der Waals surface area contributed by atoms with Crippen molar-refractivity contribution in [3.05, 3.63) is 0 Å². The van der Waals surface area contributed by atoms with Crippen molar-refractivity contribution >= 4 is 18.4 Å². The number of fused-ring (bicyclic) bond motifs is 2. The number of nitrogens with two attached hydrogens (primary N) is 1. The molecule has 0 aromatic rings. The Morgan fingerprint density at radius 3 is 2.42 bits per heavy atom. The van der Waals surface area contributed by atoms with Gasteiger partial charge in [-0.05, 0) is 31.1 Å². The number of aliphatic carboxylic acids is 1. The third-order valence-electron chi connectivity index (χ3n) is 3.29. The van der Waals surface area contributed by atoms with E-state index in [-0.39, 0.29) is 18.3 Å². The van der Waals surface area contributed by atoms with Gasteiger partial charge >= 0.3 is 5.97 Å². The molecule has 2 aliphatic rings. The van der Waals surface area contributed by atoms with Crippen LogP contribution in [0.15, 0.2) is 0 Å². The molecule has 12 heavy (non-hydrogen) atoms. The summed E-state index contributed by atoms with van der Waals surface area (Å²) in [6.07, 6.45) is 3.96. The summed E-state index contributed by atoms with van der Waals surface area (Å²) in [6.45, 7) is 0. The predicted octanol–water partition coefficient (Wildman–Crippen LogP) is 1.01. The first-order chi connectivity index (χ1) is 5.13. The lowest BCUT2D eigenvalue weighted by molar-refractivity contribution is -0.145. The summed E-state index contributed by atoms with van der Waals surface area (Å²) in [5, 5.41) is 8.87. The van der Waals surface area contributed by atoms with Gasteiger partial charge in [0.15, 0.2) is 0 Å². The van der Waals surface area contributed by atoms with E-state index >= 15 is 0 Å². The van der Waals surface area contributed by atoms with Gasteiger partial charge < -0.3 is 10.8 Å². The van der Waals surface area contributed by atoms with Crippen molar-refractivity contribution in [3.63, 3.8) is 0 Å². The van der Waals surface area contributed by atoms with Gasteiger partial charge in [-0.2, -0.15) is 0 Å². The van der Waals surface area contributed by atoms with Crippen LogP contribution in [0, 0.1) is 11.8 Å². The van der Waals surface area contributed by atoms with Crippen LogP contribution >= 0.6 is 12.4 Å². The number of carbonyl (C=O) groups is 1. The average Bonchev–Trinajstić information content (AvgIpc) is 2.45. The Morgan fingerprint density at radius 1 is 1.50 bits per heavy atom. The molecule has 0 aromatic heterocycles. The zero-order chi connectivity index (χ0) is 8.06. The number of halogens is 1. The van der Waals surface area contributed by atoms with Crippen molar-refractivity contribution in [2.45, 2.75) is 31.2 Å². The molecular weight excluding hydrogens is 178 g/mol. The van der Waals surface area contributed by atoms with Gasteiger partial charge in [0.1, 0.15) is 5.54 Å². The van der Waals surface area contributed by atoms with Gasteiger partial charge in [0.2, 0.25) is 0 Å². The Hall–Kier alpha value is -0.280. The molecule has 0 aromatic carbocycles. The minimum Gasteiger partial charge on any atom is -0.480 e. The highest BCUT2D eigenvalue weighted by Gasteiger charge is 2.53. The Bertz CT molecular complexity index is 209. The van der Waals surface area contributed by atoms with Crippen LogP contribution in [0.5, 0.6) is 0 Å². The second-order valence-electron chi connectivity index (χ2n) is 3.93. The molecule has 2 aliphatic carbocycles. The van der Waals surface area contributed by atoms with Crippen LogP contribution in [-0.4, -0.2) is 16.6 Å². The molecule has 0 aliphatic heterocycles. The van der Waals surface area contributed by atoms with E-state index < -0.39 is 11.5 Å². The molecule has 3 atom stereocenters. The quantitative estimate of drug-likeness (QED) is 0.650. The summed E-state index contributed by atoms with van der Waals surface area (Å²) in [7, 11) is 0. The monoisotopic (exact) mass is 191 g/mol. The summed E-state index contributed by atoms with van der Waals surface area (Å²) in [4.78, 5) is 10.8. The van der Waals surface area contributed by atoms with Crippen LogP contribution in [0.4, 0.5) is 0 Å².